The Morgan fingerprint density at radius 3 is 2.47 bits per heavy atom. The number of rotatable bonds is 12. The van der Waals surface area contributed by atoms with Gasteiger partial charge in [0.05, 0.1) is 18.5 Å². The molecule has 0 spiro atoms. The van der Waals surface area contributed by atoms with E-state index in [-0.39, 0.29) is 36.1 Å². The fourth-order valence-corrected chi connectivity index (χ4v) is 6.65. The van der Waals surface area contributed by atoms with Gasteiger partial charge in [0.15, 0.2) is 6.10 Å². The van der Waals surface area contributed by atoms with Gasteiger partial charge >= 0.3 is 0 Å². The van der Waals surface area contributed by atoms with Crippen LogP contribution in [0.2, 0.25) is 0 Å². The number of aliphatic hydroxyl groups excluding tert-OH is 1. The highest BCUT2D eigenvalue weighted by molar-refractivity contribution is 8.00. The first-order valence-corrected chi connectivity index (χ1v) is 16.3. The van der Waals surface area contributed by atoms with Crippen LogP contribution in [-0.4, -0.2) is 68.3 Å². The van der Waals surface area contributed by atoms with Crippen LogP contribution in [0.4, 0.5) is 0 Å². The molecular formula is C35H41N3O6S. The van der Waals surface area contributed by atoms with Crippen molar-refractivity contribution in [3.05, 3.63) is 95.1 Å². The third-order valence-electron chi connectivity index (χ3n) is 8.42. The zero-order valence-corrected chi connectivity index (χ0v) is 26.7. The normalized spacial score (nSPS) is 18.6. The van der Waals surface area contributed by atoms with E-state index < -0.39 is 34.7 Å². The summed E-state index contributed by atoms with van der Waals surface area (Å²) in [6.45, 7) is 6.39. The average Bonchev–Trinajstić information content (AvgIpc) is 3.81. The summed E-state index contributed by atoms with van der Waals surface area (Å²) in [6.07, 6.45) is 0.950. The van der Waals surface area contributed by atoms with Gasteiger partial charge < -0.3 is 30.5 Å². The van der Waals surface area contributed by atoms with Crippen LogP contribution in [0.3, 0.4) is 0 Å². The van der Waals surface area contributed by atoms with E-state index in [1.807, 2.05) is 68.4 Å². The highest BCUT2D eigenvalue weighted by Gasteiger charge is 2.49. The molecule has 2 aliphatic rings. The number of phenolic OH excluding ortho intramolecular Hbond substituents is 1. The van der Waals surface area contributed by atoms with Crippen molar-refractivity contribution < 1.29 is 29.3 Å². The van der Waals surface area contributed by atoms with Crippen LogP contribution in [0.1, 0.15) is 53.7 Å². The molecule has 2 fully saturated rings. The molecule has 0 bridgehead atoms. The zero-order valence-electron chi connectivity index (χ0n) is 25.9. The Balaban J connectivity index is 1.30. The molecule has 45 heavy (non-hydrogen) atoms. The van der Waals surface area contributed by atoms with Gasteiger partial charge in [-0.25, -0.2) is 0 Å². The number of carbonyl (C=O) groups is 3. The molecule has 3 aromatic rings. The number of benzene rings is 3. The second-order valence-corrected chi connectivity index (χ2v) is 14.0. The van der Waals surface area contributed by atoms with Gasteiger partial charge in [-0.1, -0.05) is 48.5 Å². The van der Waals surface area contributed by atoms with Crippen molar-refractivity contribution in [1.29, 1.82) is 0 Å². The summed E-state index contributed by atoms with van der Waals surface area (Å²) in [5.74, 6) is 0.0878. The number of hydrogen-bond donors (Lipinski definition) is 4. The maximum Gasteiger partial charge on any atom is 0.254 e. The summed E-state index contributed by atoms with van der Waals surface area (Å²) < 4.78 is 5.26. The second-order valence-electron chi connectivity index (χ2n) is 12.4. The predicted octanol–water partition coefficient (Wildman–Crippen LogP) is 4.19. The van der Waals surface area contributed by atoms with Gasteiger partial charge in [0.1, 0.15) is 17.5 Å². The Bertz CT molecular complexity index is 1530. The first-order chi connectivity index (χ1) is 21.5. The molecule has 3 atom stereocenters. The summed E-state index contributed by atoms with van der Waals surface area (Å²) in [6, 6.07) is 19.7. The minimum absolute atomic E-state index is 0.0263. The largest absolute Gasteiger partial charge is 0.508 e. The lowest BCUT2D eigenvalue weighted by Gasteiger charge is -2.33. The number of nitrogens with one attached hydrogen (secondary N) is 2. The molecule has 10 heteroatoms. The first kappa shape index (κ1) is 32.4. The standard InChI is InChI=1S/C35H41N3O6S/c1-22-27(13-8-14-29(22)39)32(41)37-28(18-23-9-5-4-6-10-23)30(40)34(43)38-21-45-35(2,3)31(38)33(42)36-19-25-11-7-12-26(17-25)44-20-24-15-16-24/h4-14,17,24,28,30-31,39-40H,15-16,18-21H2,1-3H3,(H,36,42)(H,37,41). The maximum atomic E-state index is 13.9. The van der Waals surface area contributed by atoms with Crippen LogP contribution >= 0.6 is 11.8 Å². The quantitative estimate of drug-likeness (QED) is 0.236. The van der Waals surface area contributed by atoms with Crippen LogP contribution in [0.5, 0.6) is 11.5 Å². The van der Waals surface area contributed by atoms with Crippen LogP contribution in [0, 0.1) is 12.8 Å². The lowest BCUT2D eigenvalue weighted by atomic mass is 9.96. The molecule has 3 aromatic carbocycles. The molecular weight excluding hydrogens is 590 g/mol. The van der Waals surface area contributed by atoms with E-state index in [1.54, 1.807) is 19.1 Å². The number of thioether (sulfide) groups is 1. The van der Waals surface area contributed by atoms with E-state index in [4.69, 9.17) is 4.74 Å². The number of phenols is 1. The fourth-order valence-electron chi connectivity index (χ4n) is 5.51. The molecule has 0 radical (unpaired) electrons. The molecule has 1 aliphatic carbocycles. The smallest absolute Gasteiger partial charge is 0.254 e. The second kappa shape index (κ2) is 14.0. The molecule has 1 saturated heterocycles. The molecule has 1 aliphatic heterocycles. The van der Waals surface area contributed by atoms with Crippen molar-refractivity contribution in [3.8, 4) is 11.5 Å². The summed E-state index contributed by atoms with van der Waals surface area (Å²) in [5.41, 5.74) is 2.33. The summed E-state index contributed by atoms with van der Waals surface area (Å²) in [5, 5.41) is 27.4. The summed E-state index contributed by atoms with van der Waals surface area (Å²) in [4.78, 5) is 42.3. The first-order valence-electron chi connectivity index (χ1n) is 15.3. The van der Waals surface area contributed by atoms with Gasteiger partial charge in [-0.05, 0) is 81.3 Å². The number of amides is 3. The van der Waals surface area contributed by atoms with Gasteiger partial charge in [0, 0.05) is 22.4 Å². The molecule has 1 saturated carbocycles. The molecule has 1 heterocycles. The predicted molar refractivity (Wildman–Crippen MR) is 174 cm³/mol. The number of ether oxygens (including phenoxy) is 1. The minimum Gasteiger partial charge on any atom is -0.508 e. The number of hydrogen-bond acceptors (Lipinski definition) is 7. The fraction of sp³-hybridized carbons (Fsp3) is 0.400. The van der Waals surface area contributed by atoms with Crippen molar-refractivity contribution in [2.45, 2.75) is 69.5 Å². The number of carbonyl (C=O) groups excluding carboxylic acids is 3. The van der Waals surface area contributed by atoms with E-state index in [0.717, 1.165) is 16.9 Å². The molecule has 0 aromatic heterocycles. The zero-order chi connectivity index (χ0) is 32.1. The van der Waals surface area contributed by atoms with E-state index in [2.05, 4.69) is 10.6 Å². The van der Waals surface area contributed by atoms with Gasteiger partial charge in [0.25, 0.3) is 11.8 Å². The molecule has 4 N–H and O–H groups in total. The lowest BCUT2D eigenvalue weighted by Crippen LogP contribution is -2.58. The molecule has 9 nitrogen and oxygen atoms in total. The summed E-state index contributed by atoms with van der Waals surface area (Å²) >= 11 is 1.46. The molecule has 5 rings (SSSR count). The maximum absolute atomic E-state index is 13.9. The Labute approximate surface area is 268 Å². The Morgan fingerprint density at radius 2 is 1.73 bits per heavy atom. The SMILES string of the molecule is Cc1c(O)cccc1C(=O)NC(Cc1ccccc1)C(O)C(=O)N1CSC(C)(C)C1C(=O)NCc1cccc(OCC2CC2)c1. The van der Waals surface area contributed by atoms with Crippen molar-refractivity contribution >= 4 is 29.5 Å². The van der Waals surface area contributed by atoms with E-state index in [1.165, 1.54) is 35.6 Å². The van der Waals surface area contributed by atoms with Crippen molar-refractivity contribution in [1.82, 2.24) is 15.5 Å². The Hall–Kier alpha value is -4.02. The highest BCUT2D eigenvalue weighted by Crippen LogP contribution is 2.40. The molecule has 3 unspecified atom stereocenters. The van der Waals surface area contributed by atoms with Crippen LogP contribution in [-0.2, 0) is 22.6 Å². The number of nitrogens with zero attached hydrogens (tertiary/aromatic N) is 1. The Morgan fingerprint density at radius 1 is 1.02 bits per heavy atom. The third kappa shape index (κ3) is 7.99. The van der Waals surface area contributed by atoms with E-state index in [9.17, 15) is 24.6 Å². The van der Waals surface area contributed by atoms with Gasteiger partial charge in [-0.2, -0.15) is 0 Å². The topological polar surface area (TPSA) is 128 Å². The van der Waals surface area contributed by atoms with Crippen molar-refractivity contribution in [3.63, 3.8) is 0 Å². The summed E-state index contributed by atoms with van der Waals surface area (Å²) in [7, 11) is 0. The van der Waals surface area contributed by atoms with Crippen molar-refractivity contribution in [2.24, 2.45) is 5.92 Å². The molecule has 238 valence electrons. The average molecular weight is 632 g/mol. The van der Waals surface area contributed by atoms with Crippen molar-refractivity contribution in [2.75, 3.05) is 12.5 Å². The lowest BCUT2D eigenvalue weighted by molar-refractivity contribution is -0.147. The minimum atomic E-state index is -1.63. The molecule has 3 amide bonds. The van der Waals surface area contributed by atoms with E-state index in [0.29, 0.717) is 18.1 Å². The highest BCUT2D eigenvalue weighted by atomic mass is 32.2. The monoisotopic (exact) mass is 631 g/mol. The van der Waals surface area contributed by atoms with Crippen LogP contribution < -0.4 is 15.4 Å². The van der Waals surface area contributed by atoms with Gasteiger partial charge in [-0.3, -0.25) is 14.4 Å². The van der Waals surface area contributed by atoms with Gasteiger partial charge in [-0.15, -0.1) is 11.8 Å². The van der Waals surface area contributed by atoms with E-state index >= 15 is 0 Å². The number of aliphatic hydroxyl groups is 1. The Kier molecular flexibility index (Phi) is 10.0. The number of aromatic hydroxyl groups is 1. The van der Waals surface area contributed by atoms with Crippen LogP contribution in [0.15, 0.2) is 72.8 Å². The van der Waals surface area contributed by atoms with Crippen LogP contribution in [0.25, 0.3) is 0 Å². The third-order valence-corrected chi connectivity index (χ3v) is 9.80. The van der Waals surface area contributed by atoms with Gasteiger partial charge in [0.2, 0.25) is 5.91 Å².